The van der Waals surface area contributed by atoms with Crippen molar-refractivity contribution >= 4 is 39.4 Å². The van der Waals surface area contributed by atoms with E-state index in [1.807, 2.05) is 6.92 Å². The van der Waals surface area contributed by atoms with Crippen molar-refractivity contribution in [2.45, 2.75) is 172 Å². The summed E-state index contributed by atoms with van der Waals surface area (Å²) in [5, 5.41) is 11.7. The molecule has 5 rings (SSSR count). The summed E-state index contributed by atoms with van der Waals surface area (Å²) in [6, 6.07) is -3.64. The summed E-state index contributed by atoms with van der Waals surface area (Å²) < 4.78 is 25.9. The lowest BCUT2D eigenvalue weighted by Gasteiger charge is -2.44. The van der Waals surface area contributed by atoms with Crippen molar-refractivity contribution in [2.75, 3.05) is 12.3 Å². The van der Waals surface area contributed by atoms with Gasteiger partial charge in [-0.25, -0.2) is 13.2 Å². The van der Waals surface area contributed by atoms with Crippen LogP contribution in [0.1, 0.15) is 138 Å². The van der Waals surface area contributed by atoms with Crippen LogP contribution in [0.2, 0.25) is 0 Å². The first kappa shape index (κ1) is 41.0. The van der Waals surface area contributed by atoms with Gasteiger partial charge in [0.2, 0.25) is 17.6 Å². The number of nitrogens with one attached hydrogen (secondary N) is 4. The lowest BCUT2D eigenvalue weighted by molar-refractivity contribution is -0.146. The Bertz CT molecular complexity index is 1580. The summed E-state index contributed by atoms with van der Waals surface area (Å²) in [5.74, 6) is -0.160. The zero-order chi connectivity index (χ0) is 39.0. The Balaban J connectivity index is 1.39. The fourth-order valence-electron chi connectivity index (χ4n) is 9.40. The van der Waals surface area contributed by atoms with Crippen molar-refractivity contribution in [3.63, 3.8) is 0 Å². The van der Waals surface area contributed by atoms with E-state index in [1.165, 1.54) is 0 Å². The molecule has 4 N–H and O–H groups in total. The summed E-state index contributed by atoms with van der Waals surface area (Å²) in [6.45, 7) is 11.5. The van der Waals surface area contributed by atoms with Crippen LogP contribution in [0.25, 0.3) is 0 Å². The van der Waals surface area contributed by atoms with Crippen molar-refractivity contribution in [1.29, 1.82) is 0 Å². The number of fused-ring (bicyclic) bond motifs is 1. The van der Waals surface area contributed by atoms with Crippen molar-refractivity contribution in [1.82, 2.24) is 26.2 Å². The predicted molar refractivity (Wildman–Crippen MR) is 203 cm³/mol. The number of nitrogens with zero attached hydrogens (tertiary/aromatic N) is 1. The maximum atomic E-state index is 14.9. The molecule has 1 saturated heterocycles. The van der Waals surface area contributed by atoms with Crippen LogP contribution >= 0.6 is 0 Å². The van der Waals surface area contributed by atoms with Crippen molar-refractivity contribution in [2.24, 2.45) is 22.7 Å². The minimum atomic E-state index is -3.58. The van der Waals surface area contributed by atoms with Crippen LogP contribution in [-0.4, -0.2) is 89.6 Å². The minimum Gasteiger partial charge on any atom is -0.347 e. The summed E-state index contributed by atoms with van der Waals surface area (Å²) in [6.07, 6.45) is 16.2. The molecule has 0 aromatic heterocycles. The minimum absolute atomic E-state index is 0.0470. The Morgan fingerprint density at radius 3 is 2.04 bits per heavy atom. The van der Waals surface area contributed by atoms with Crippen LogP contribution in [0, 0.1) is 35.0 Å². The number of carbonyl (C=O) groups is 5. The first-order valence-electron chi connectivity index (χ1n) is 20.0. The van der Waals surface area contributed by atoms with Crippen LogP contribution in [0.15, 0.2) is 0 Å². The van der Waals surface area contributed by atoms with E-state index in [9.17, 15) is 32.4 Å². The molecule has 4 aliphatic carbocycles. The van der Waals surface area contributed by atoms with Crippen LogP contribution in [0.4, 0.5) is 4.79 Å². The largest absolute Gasteiger partial charge is 0.347 e. The van der Waals surface area contributed by atoms with Gasteiger partial charge in [0.15, 0.2) is 9.84 Å². The number of likely N-dealkylation sites (tertiary alicyclic amines) is 1. The molecule has 13 heteroatoms. The molecule has 53 heavy (non-hydrogen) atoms. The maximum Gasteiger partial charge on any atom is 0.315 e. The molecule has 1 heterocycles. The van der Waals surface area contributed by atoms with E-state index in [2.05, 4.69) is 41.0 Å². The number of amides is 5. The molecule has 5 fully saturated rings. The van der Waals surface area contributed by atoms with E-state index >= 15 is 0 Å². The van der Waals surface area contributed by atoms with Crippen LogP contribution in [-0.2, 0) is 29.0 Å². The highest BCUT2D eigenvalue weighted by Crippen LogP contribution is 2.65. The monoisotopic (exact) mass is 757 g/mol. The third kappa shape index (κ3) is 8.73. The Morgan fingerprint density at radius 1 is 0.887 bits per heavy atom. The number of terminal acetylenes is 1. The quantitative estimate of drug-likeness (QED) is 0.162. The molecule has 296 valence electrons. The van der Waals surface area contributed by atoms with Gasteiger partial charge in [-0.05, 0) is 94.8 Å². The second-order valence-electron chi connectivity index (χ2n) is 18.6. The lowest BCUT2D eigenvalue weighted by Crippen LogP contribution is -2.65. The number of carbonyl (C=O) groups excluding carboxylic acids is 5. The molecule has 5 amide bonds. The number of ketones is 1. The number of Topliss-reactive ketones (excluding diaryl/α,β-unsaturated/α-hetero) is 1. The van der Waals surface area contributed by atoms with Gasteiger partial charge in [-0.2, -0.15) is 0 Å². The fraction of sp³-hybridized carbons (Fsp3) is 0.825. The average Bonchev–Trinajstić information content (AvgIpc) is 3.36. The zero-order valence-corrected chi connectivity index (χ0v) is 33.6. The average molecular weight is 758 g/mol. The molecule has 5 atom stereocenters. The zero-order valence-electron chi connectivity index (χ0n) is 32.8. The first-order valence-corrected chi connectivity index (χ1v) is 21.6. The Morgan fingerprint density at radius 2 is 1.49 bits per heavy atom. The molecule has 5 aliphatic rings. The summed E-state index contributed by atoms with van der Waals surface area (Å²) >= 11 is 0. The number of rotatable bonds is 13. The molecule has 0 aromatic carbocycles. The normalized spacial score (nSPS) is 27.1. The Kier molecular flexibility index (Phi) is 12.0. The topological polar surface area (TPSA) is 171 Å². The highest BCUT2D eigenvalue weighted by molar-refractivity contribution is 7.92. The van der Waals surface area contributed by atoms with Crippen molar-refractivity contribution in [3.8, 4) is 12.3 Å². The molecule has 0 spiro atoms. The summed E-state index contributed by atoms with van der Waals surface area (Å²) in [7, 11) is -3.58. The molecular formula is C40H63N5O7S. The Labute approximate surface area is 316 Å². The van der Waals surface area contributed by atoms with Gasteiger partial charge < -0.3 is 26.2 Å². The second kappa shape index (κ2) is 15.5. The van der Waals surface area contributed by atoms with E-state index < -0.39 is 67.3 Å². The van der Waals surface area contributed by atoms with E-state index in [4.69, 9.17) is 6.42 Å². The molecule has 0 aromatic rings. The van der Waals surface area contributed by atoms with E-state index in [-0.39, 0.29) is 47.8 Å². The summed E-state index contributed by atoms with van der Waals surface area (Å²) in [5.41, 5.74) is -1.78. The van der Waals surface area contributed by atoms with Gasteiger partial charge in [0.1, 0.15) is 12.1 Å². The molecular weight excluding hydrogens is 695 g/mol. The standard InChI is InChI=1S/C40H63N5O7S/c1-8-9-19-28(31(46)34(48)41-26-17-16-18-26)42-33(47)30-29-27(38(29,5)6)24-45(30)35(49)32(39(7)20-12-10-13-21-39)43-36(50)44-40(22-14-11-15-23-40)25-53(51,52)37(2,3)4/h1,26-30,32H,9-25H2,2-7H3,(H,41,48)(H,42,47)(H2,43,44,50)/t27?,28?,29?,30-,32+/m0/s1. The highest BCUT2D eigenvalue weighted by Gasteiger charge is 2.70. The second-order valence-corrected chi connectivity index (χ2v) is 21.4. The smallest absolute Gasteiger partial charge is 0.315 e. The van der Waals surface area contributed by atoms with Gasteiger partial charge in [-0.15, -0.1) is 12.3 Å². The highest BCUT2D eigenvalue weighted by atomic mass is 32.2. The van der Waals surface area contributed by atoms with Crippen LogP contribution in [0.3, 0.4) is 0 Å². The molecule has 4 saturated carbocycles. The number of hydrogen-bond donors (Lipinski definition) is 4. The van der Waals surface area contributed by atoms with Gasteiger partial charge in [0.05, 0.1) is 22.1 Å². The van der Waals surface area contributed by atoms with Gasteiger partial charge in [-0.1, -0.05) is 59.3 Å². The van der Waals surface area contributed by atoms with Gasteiger partial charge in [0, 0.05) is 19.0 Å². The lowest BCUT2D eigenvalue weighted by atomic mass is 9.70. The number of hydrogen-bond acceptors (Lipinski definition) is 7. The maximum absolute atomic E-state index is 14.9. The van der Waals surface area contributed by atoms with E-state index in [0.717, 1.165) is 57.8 Å². The van der Waals surface area contributed by atoms with Gasteiger partial charge >= 0.3 is 6.03 Å². The molecule has 0 radical (unpaired) electrons. The van der Waals surface area contributed by atoms with Crippen LogP contribution in [0.5, 0.6) is 0 Å². The third-order valence-electron chi connectivity index (χ3n) is 13.4. The van der Waals surface area contributed by atoms with E-state index in [0.29, 0.717) is 32.2 Å². The van der Waals surface area contributed by atoms with Gasteiger partial charge in [-0.3, -0.25) is 19.2 Å². The number of sulfone groups is 1. The molecule has 12 nitrogen and oxygen atoms in total. The first-order chi connectivity index (χ1) is 24.8. The van der Waals surface area contributed by atoms with Crippen molar-refractivity contribution < 1.29 is 32.4 Å². The third-order valence-corrected chi connectivity index (χ3v) is 16.2. The molecule has 3 unspecified atom stereocenters. The fourth-order valence-corrected chi connectivity index (χ4v) is 10.9. The molecule has 1 aliphatic heterocycles. The van der Waals surface area contributed by atoms with E-state index in [1.54, 1.807) is 25.7 Å². The predicted octanol–water partition coefficient (Wildman–Crippen LogP) is 4.16. The summed E-state index contributed by atoms with van der Waals surface area (Å²) in [4.78, 5) is 71.1. The molecule has 0 bridgehead atoms. The van der Waals surface area contributed by atoms with Gasteiger partial charge in [0.25, 0.3) is 5.91 Å². The van der Waals surface area contributed by atoms with Crippen LogP contribution < -0.4 is 21.3 Å². The number of piperidine rings is 1. The Hall–Kier alpha value is -3.14. The van der Waals surface area contributed by atoms with Crippen molar-refractivity contribution in [3.05, 3.63) is 0 Å². The SMILES string of the molecule is C#CCCC(NC(=O)[C@@H]1C2C(CN1C(=O)[C@@H](NC(=O)NC1(CS(=O)(=O)C(C)(C)C)CCCCC1)C1(C)CCCCC1)C2(C)C)C(=O)C(=O)NC1CCC1. The number of urea groups is 1.